The van der Waals surface area contributed by atoms with E-state index in [0.29, 0.717) is 36.4 Å². The number of rotatable bonds is 9. The van der Waals surface area contributed by atoms with Crippen LogP contribution in [0.4, 0.5) is 10.6 Å². The molecule has 0 radical (unpaired) electrons. The van der Waals surface area contributed by atoms with Crippen molar-refractivity contribution < 1.29 is 19.8 Å². The first-order chi connectivity index (χ1) is 18.4. The number of hydrogen-bond donors (Lipinski definition) is 4. The summed E-state index contributed by atoms with van der Waals surface area (Å²) in [6.07, 6.45) is 6.30. The monoisotopic (exact) mass is 523 g/mol. The number of carbonyl (C=O) groups excluding carboxylic acids is 1. The molecule has 38 heavy (non-hydrogen) atoms. The second-order valence-corrected chi connectivity index (χ2v) is 11.5. The highest BCUT2D eigenvalue weighted by atomic mass is 16.4. The molecule has 2 amide bonds. The molecule has 9 heteroatoms. The lowest BCUT2D eigenvalue weighted by Crippen LogP contribution is -2.51. The highest BCUT2D eigenvalue weighted by Crippen LogP contribution is 2.30. The van der Waals surface area contributed by atoms with E-state index < -0.39 is 6.09 Å². The Bertz CT molecular complexity index is 1110. The van der Waals surface area contributed by atoms with Gasteiger partial charge in [-0.3, -0.25) is 9.69 Å². The fourth-order valence-corrected chi connectivity index (χ4v) is 6.26. The number of fused-ring (bicyclic) bond motifs is 1. The van der Waals surface area contributed by atoms with Gasteiger partial charge >= 0.3 is 6.09 Å². The van der Waals surface area contributed by atoms with E-state index in [1.165, 1.54) is 6.42 Å². The quantitative estimate of drug-likeness (QED) is 0.398. The second-order valence-electron chi connectivity index (χ2n) is 11.5. The van der Waals surface area contributed by atoms with Crippen LogP contribution in [0.2, 0.25) is 0 Å². The van der Waals surface area contributed by atoms with Crippen LogP contribution in [-0.4, -0.2) is 84.0 Å². The normalized spacial score (nSPS) is 23.2. The van der Waals surface area contributed by atoms with Crippen LogP contribution in [0, 0.1) is 17.8 Å². The summed E-state index contributed by atoms with van der Waals surface area (Å²) in [5.74, 6) is 2.33. The SMILES string of the molecule is O=C(O)NC[C@H]1CC[C@H](CNC(=O)c2cc(N3CCC(CCN4CC(O)C4)CC3)nc3ccccc23)CC1. The maximum Gasteiger partial charge on any atom is 0.404 e. The smallest absolute Gasteiger partial charge is 0.404 e. The van der Waals surface area contributed by atoms with Crippen molar-refractivity contribution in [3.63, 3.8) is 0 Å². The fraction of sp³-hybridized carbons (Fsp3) is 0.621. The van der Waals surface area contributed by atoms with Crippen LogP contribution >= 0.6 is 0 Å². The summed E-state index contributed by atoms with van der Waals surface area (Å²) in [5, 5.41) is 24.9. The van der Waals surface area contributed by atoms with Crippen LogP contribution < -0.4 is 15.5 Å². The first kappa shape index (κ1) is 26.7. The Labute approximate surface area is 224 Å². The Balaban J connectivity index is 1.16. The van der Waals surface area contributed by atoms with Gasteiger partial charge in [-0.1, -0.05) is 18.2 Å². The van der Waals surface area contributed by atoms with Crippen molar-refractivity contribution in [3.05, 3.63) is 35.9 Å². The van der Waals surface area contributed by atoms with Crippen molar-refractivity contribution in [2.24, 2.45) is 17.8 Å². The largest absolute Gasteiger partial charge is 0.465 e. The zero-order chi connectivity index (χ0) is 26.5. The summed E-state index contributed by atoms with van der Waals surface area (Å²) in [6.45, 7) is 5.75. The number of anilines is 1. The van der Waals surface area contributed by atoms with Gasteiger partial charge in [-0.25, -0.2) is 9.78 Å². The van der Waals surface area contributed by atoms with Gasteiger partial charge in [-0.2, -0.15) is 0 Å². The van der Waals surface area contributed by atoms with Crippen LogP contribution in [-0.2, 0) is 0 Å². The van der Waals surface area contributed by atoms with E-state index in [0.717, 1.165) is 88.0 Å². The third kappa shape index (κ3) is 6.74. The van der Waals surface area contributed by atoms with Crippen molar-refractivity contribution in [2.75, 3.05) is 50.7 Å². The van der Waals surface area contributed by atoms with Gasteiger partial charge in [0, 0.05) is 44.7 Å². The summed E-state index contributed by atoms with van der Waals surface area (Å²) in [4.78, 5) is 33.7. The Hall–Kier alpha value is -2.91. The Kier molecular flexibility index (Phi) is 8.64. The van der Waals surface area contributed by atoms with Crippen LogP contribution in [0.1, 0.15) is 55.3 Å². The molecule has 1 saturated carbocycles. The van der Waals surface area contributed by atoms with Crippen molar-refractivity contribution in [1.82, 2.24) is 20.5 Å². The molecule has 0 unspecified atom stereocenters. The molecule has 1 aliphatic carbocycles. The number of benzene rings is 1. The number of aliphatic hydroxyl groups excluding tert-OH is 1. The number of nitrogens with zero attached hydrogens (tertiary/aromatic N) is 3. The number of amides is 2. The number of hydrogen-bond acceptors (Lipinski definition) is 6. The number of likely N-dealkylation sites (tertiary alicyclic amines) is 1. The van der Waals surface area contributed by atoms with Crippen LogP contribution in [0.5, 0.6) is 0 Å². The Morgan fingerprint density at radius 2 is 1.58 bits per heavy atom. The van der Waals surface area contributed by atoms with Crippen LogP contribution in [0.3, 0.4) is 0 Å². The fourth-order valence-electron chi connectivity index (χ4n) is 6.26. The van der Waals surface area contributed by atoms with Gasteiger partial charge in [0.1, 0.15) is 5.82 Å². The summed E-state index contributed by atoms with van der Waals surface area (Å²) in [7, 11) is 0. The lowest BCUT2D eigenvalue weighted by atomic mass is 9.82. The molecular weight excluding hydrogens is 482 g/mol. The second kappa shape index (κ2) is 12.3. The third-order valence-corrected chi connectivity index (χ3v) is 8.74. The van der Waals surface area contributed by atoms with Crippen molar-refractivity contribution >= 4 is 28.7 Å². The number of para-hydroxylation sites is 1. The van der Waals surface area contributed by atoms with Gasteiger partial charge < -0.3 is 25.7 Å². The predicted octanol–water partition coefficient (Wildman–Crippen LogP) is 3.32. The minimum Gasteiger partial charge on any atom is -0.465 e. The zero-order valence-corrected chi connectivity index (χ0v) is 22.1. The number of piperidine rings is 1. The van der Waals surface area contributed by atoms with Gasteiger partial charge in [-0.15, -0.1) is 0 Å². The summed E-state index contributed by atoms with van der Waals surface area (Å²) >= 11 is 0. The van der Waals surface area contributed by atoms with Gasteiger partial charge in [0.25, 0.3) is 5.91 Å². The third-order valence-electron chi connectivity index (χ3n) is 8.74. The molecule has 0 atom stereocenters. The number of pyridine rings is 1. The number of β-amino-alcohol motifs (C(OH)–C–C–N with tert-alkyl or cyclic N) is 1. The van der Waals surface area contributed by atoms with E-state index >= 15 is 0 Å². The molecule has 9 nitrogen and oxygen atoms in total. The molecule has 206 valence electrons. The first-order valence-corrected chi connectivity index (χ1v) is 14.2. The molecule has 3 fully saturated rings. The molecule has 2 aromatic rings. The lowest BCUT2D eigenvalue weighted by molar-refractivity contribution is -0.00111. The molecular formula is C29H41N5O4. The summed E-state index contributed by atoms with van der Waals surface area (Å²) in [6, 6.07) is 9.85. The van der Waals surface area contributed by atoms with E-state index in [-0.39, 0.29) is 12.0 Å². The lowest BCUT2D eigenvalue weighted by Gasteiger charge is -2.38. The topological polar surface area (TPSA) is 118 Å². The average molecular weight is 524 g/mol. The molecule has 0 spiro atoms. The molecule has 4 N–H and O–H groups in total. The van der Waals surface area contributed by atoms with Crippen molar-refractivity contribution in [2.45, 2.75) is 51.0 Å². The molecule has 3 heterocycles. The number of carboxylic acid groups (broad SMARTS) is 1. The highest BCUT2D eigenvalue weighted by Gasteiger charge is 2.27. The Morgan fingerprint density at radius 3 is 2.24 bits per heavy atom. The molecule has 1 aromatic carbocycles. The van der Waals surface area contributed by atoms with Gasteiger partial charge in [0.05, 0.1) is 17.2 Å². The van der Waals surface area contributed by atoms with E-state index in [2.05, 4.69) is 20.4 Å². The van der Waals surface area contributed by atoms with E-state index in [1.54, 1.807) is 0 Å². The highest BCUT2D eigenvalue weighted by molar-refractivity contribution is 6.07. The van der Waals surface area contributed by atoms with E-state index in [1.807, 2.05) is 30.3 Å². The van der Waals surface area contributed by atoms with Crippen LogP contribution in [0.25, 0.3) is 10.9 Å². The predicted molar refractivity (Wildman–Crippen MR) is 148 cm³/mol. The number of aromatic nitrogens is 1. The first-order valence-electron chi connectivity index (χ1n) is 14.2. The molecule has 2 aliphatic heterocycles. The molecule has 1 aromatic heterocycles. The zero-order valence-electron chi connectivity index (χ0n) is 22.1. The standard InChI is InChI=1S/C29H41N5O4/c35-23-18-33(19-23)12-9-20-10-13-34(14-11-20)27-15-25(24-3-1-2-4-26(24)32-27)28(36)30-16-21-5-7-22(8-6-21)17-31-29(37)38/h1-4,15,20-23,31,35H,5-14,16-19H2,(H,30,36)(H,37,38)/t21-,22-. The van der Waals surface area contributed by atoms with Gasteiger partial charge in [0.2, 0.25) is 0 Å². The molecule has 5 rings (SSSR count). The van der Waals surface area contributed by atoms with Crippen molar-refractivity contribution in [3.8, 4) is 0 Å². The molecule has 0 bridgehead atoms. The minimum absolute atomic E-state index is 0.0499. The number of nitrogens with one attached hydrogen (secondary N) is 2. The Morgan fingerprint density at radius 1 is 0.921 bits per heavy atom. The van der Waals surface area contributed by atoms with Crippen LogP contribution in [0.15, 0.2) is 30.3 Å². The average Bonchev–Trinajstić information content (AvgIpc) is 2.92. The molecule has 2 saturated heterocycles. The van der Waals surface area contributed by atoms with E-state index in [4.69, 9.17) is 10.1 Å². The minimum atomic E-state index is -0.962. The van der Waals surface area contributed by atoms with E-state index in [9.17, 15) is 14.7 Å². The summed E-state index contributed by atoms with van der Waals surface area (Å²) < 4.78 is 0. The maximum absolute atomic E-state index is 13.4. The number of aliphatic hydroxyl groups is 1. The summed E-state index contributed by atoms with van der Waals surface area (Å²) in [5.41, 5.74) is 1.53. The van der Waals surface area contributed by atoms with Gasteiger partial charge in [0.15, 0.2) is 0 Å². The van der Waals surface area contributed by atoms with Gasteiger partial charge in [-0.05, 0) is 81.4 Å². The molecule has 3 aliphatic rings. The maximum atomic E-state index is 13.4. The number of carbonyl (C=O) groups is 2. The van der Waals surface area contributed by atoms with Crippen molar-refractivity contribution in [1.29, 1.82) is 0 Å².